The number of nitro benzene ring substituents is 1. The number of non-ortho nitro benzene ring substituents is 1. The largest absolute Gasteiger partial charge is 0.385 e. The Morgan fingerprint density at radius 1 is 1.32 bits per heavy atom. The van der Waals surface area contributed by atoms with Crippen LogP contribution >= 0.6 is 11.8 Å². The maximum Gasteiger partial charge on any atom is 0.273 e. The van der Waals surface area contributed by atoms with Crippen LogP contribution in [-0.4, -0.2) is 29.0 Å². The minimum absolute atomic E-state index is 0.131. The van der Waals surface area contributed by atoms with Crippen molar-refractivity contribution < 1.29 is 4.92 Å². The van der Waals surface area contributed by atoms with Gasteiger partial charge in [-0.15, -0.1) is 0 Å². The van der Waals surface area contributed by atoms with Crippen LogP contribution in [-0.2, 0) is 0 Å². The quantitative estimate of drug-likeness (QED) is 0.640. The predicted molar refractivity (Wildman–Crippen MR) is 81.2 cm³/mol. The number of nitrogens with zero attached hydrogens (tertiary/aromatic N) is 1. The van der Waals surface area contributed by atoms with Gasteiger partial charge in [-0.3, -0.25) is 10.1 Å². The fourth-order valence-corrected chi connectivity index (χ4v) is 3.29. The standard InChI is InChI=1S/C13H19N3O2S/c1-2-14-11-7-12(9-13(8-11)16(17)18)15-10-3-5-19-6-4-10/h7-10,14-15H,2-6H2,1H3. The summed E-state index contributed by atoms with van der Waals surface area (Å²) in [7, 11) is 0. The van der Waals surface area contributed by atoms with Gasteiger partial charge in [-0.1, -0.05) is 0 Å². The lowest BCUT2D eigenvalue weighted by molar-refractivity contribution is -0.384. The normalized spacial score (nSPS) is 16.1. The van der Waals surface area contributed by atoms with E-state index in [2.05, 4.69) is 10.6 Å². The fourth-order valence-electron chi connectivity index (χ4n) is 2.18. The molecular weight excluding hydrogens is 262 g/mol. The molecule has 2 rings (SSSR count). The zero-order chi connectivity index (χ0) is 13.7. The highest BCUT2D eigenvalue weighted by molar-refractivity contribution is 7.99. The molecule has 0 spiro atoms. The smallest absolute Gasteiger partial charge is 0.273 e. The van der Waals surface area contributed by atoms with E-state index in [0.717, 1.165) is 42.3 Å². The number of benzene rings is 1. The first-order valence-electron chi connectivity index (χ1n) is 6.56. The van der Waals surface area contributed by atoms with E-state index in [1.807, 2.05) is 24.8 Å². The van der Waals surface area contributed by atoms with Crippen molar-refractivity contribution in [2.75, 3.05) is 28.7 Å². The molecule has 5 nitrogen and oxygen atoms in total. The highest BCUT2D eigenvalue weighted by Crippen LogP contribution is 2.27. The molecule has 0 saturated carbocycles. The summed E-state index contributed by atoms with van der Waals surface area (Å²) in [6, 6.07) is 5.56. The predicted octanol–water partition coefficient (Wildman–Crippen LogP) is 3.33. The van der Waals surface area contributed by atoms with E-state index in [0.29, 0.717) is 6.04 Å². The molecule has 1 saturated heterocycles. The van der Waals surface area contributed by atoms with Gasteiger partial charge in [0, 0.05) is 36.1 Å². The first-order valence-corrected chi connectivity index (χ1v) is 7.72. The molecule has 0 bridgehead atoms. The van der Waals surface area contributed by atoms with Gasteiger partial charge >= 0.3 is 0 Å². The van der Waals surface area contributed by atoms with Gasteiger partial charge in [0.25, 0.3) is 5.69 Å². The van der Waals surface area contributed by atoms with Crippen molar-refractivity contribution in [3.63, 3.8) is 0 Å². The molecule has 0 amide bonds. The molecule has 1 heterocycles. The first-order chi connectivity index (χ1) is 9.19. The number of rotatable bonds is 5. The van der Waals surface area contributed by atoms with Gasteiger partial charge in [-0.25, -0.2) is 0 Å². The van der Waals surface area contributed by atoms with Gasteiger partial charge in [0.15, 0.2) is 0 Å². The second kappa shape index (κ2) is 6.65. The summed E-state index contributed by atoms with van der Waals surface area (Å²) in [6.07, 6.45) is 2.23. The number of anilines is 2. The SMILES string of the molecule is CCNc1cc(NC2CCSCC2)cc([N+](=O)[O-])c1. The Bertz CT molecular complexity index is 448. The third-order valence-electron chi connectivity index (χ3n) is 3.10. The first kappa shape index (κ1) is 14.0. The van der Waals surface area contributed by atoms with Crippen molar-refractivity contribution >= 4 is 28.8 Å². The van der Waals surface area contributed by atoms with E-state index in [9.17, 15) is 10.1 Å². The number of nitro groups is 1. The molecule has 0 radical (unpaired) electrons. The molecule has 0 aromatic heterocycles. The van der Waals surface area contributed by atoms with Gasteiger partial charge in [0.1, 0.15) is 0 Å². The van der Waals surface area contributed by atoms with E-state index in [1.54, 1.807) is 12.1 Å². The topological polar surface area (TPSA) is 67.2 Å². The summed E-state index contributed by atoms with van der Waals surface area (Å²) in [4.78, 5) is 10.6. The number of nitrogens with one attached hydrogen (secondary N) is 2. The third kappa shape index (κ3) is 4.02. The van der Waals surface area contributed by atoms with Crippen molar-refractivity contribution in [1.29, 1.82) is 0 Å². The van der Waals surface area contributed by atoms with E-state index in [4.69, 9.17) is 0 Å². The summed E-state index contributed by atoms with van der Waals surface area (Å²) in [5, 5.41) is 17.5. The Morgan fingerprint density at radius 3 is 2.63 bits per heavy atom. The zero-order valence-electron chi connectivity index (χ0n) is 11.0. The molecule has 0 aliphatic carbocycles. The van der Waals surface area contributed by atoms with Crippen LogP contribution in [0.5, 0.6) is 0 Å². The van der Waals surface area contributed by atoms with Gasteiger partial charge in [-0.2, -0.15) is 11.8 Å². The highest BCUT2D eigenvalue weighted by Gasteiger charge is 2.15. The molecule has 1 aromatic carbocycles. The number of hydrogen-bond acceptors (Lipinski definition) is 5. The van der Waals surface area contributed by atoms with Gasteiger partial charge in [0.2, 0.25) is 0 Å². The highest BCUT2D eigenvalue weighted by atomic mass is 32.2. The average Bonchev–Trinajstić information content (AvgIpc) is 2.40. The Balaban J connectivity index is 2.15. The lowest BCUT2D eigenvalue weighted by atomic mass is 10.1. The summed E-state index contributed by atoms with van der Waals surface area (Å²) in [6.45, 7) is 2.73. The molecule has 1 aliphatic heterocycles. The fraction of sp³-hybridized carbons (Fsp3) is 0.538. The second-order valence-corrected chi connectivity index (χ2v) is 5.81. The number of hydrogen-bond donors (Lipinski definition) is 2. The van der Waals surface area contributed by atoms with Crippen LogP contribution in [0.3, 0.4) is 0 Å². The van der Waals surface area contributed by atoms with Crippen molar-refractivity contribution in [2.45, 2.75) is 25.8 Å². The molecule has 1 aromatic rings. The molecular formula is C13H19N3O2S. The van der Waals surface area contributed by atoms with Crippen LogP contribution < -0.4 is 10.6 Å². The Kier molecular flexibility index (Phi) is 4.90. The molecule has 19 heavy (non-hydrogen) atoms. The number of thioether (sulfide) groups is 1. The van der Waals surface area contributed by atoms with Crippen LogP contribution in [0.25, 0.3) is 0 Å². The van der Waals surface area contributed by atoms with Crippen LogP contribution in [0.1, 0.15) is 19.8 Å². The maximum atomic E-state index is 10.9. The van der Waals surface area contributed by atoms with Crippen LogP contribution in [0.2, 0.25) is 0 Å². The van der Waals surface area contributed by atoms with Crippen LogP contribution in [0.15, 0.2) is 18.2 Å². The van der Waals surface area contributed by atoms with E-state index in [-0.39, 0.29) is 10.6 Å². The summed E-state index contributed by atoms with van der Waals surface area (Å²) >= 11 is 1.97. The minimum Gasteiger partial charge on any atom is -0.385 e. The lowest BCUT2D eigenvalue weighted by Gasteiger charge is -2.23. The maximum absolute atomic E-state index is 10.9. The van der Waals surface area contributed by atoms with E-state index in [1.165, 1.54) is 0 Å². The van der Waals surface area contributed by atoms with Gasteiger partial charge in [0.05, 0.1) is 4.92 Å². The molecule has 104 valence electrons. The van der Waals surface area contributed by atoms with Gasteiger partial charge < -0.3 is 10.6 Å². The summed E-state index contributed by atoms with van der Waals surface area (Å²) in [5.74, 6) is 2.32. The monoisotopic (exact) mass is 281 g/mol. The van der Waals surface area contributed by atoms with E-state index < -0.39 is 0 Å². The molecule has 2 N–H and O–H groups in total. The van der Waals surface area contributed by atoms with E-state index >= 15 is 0 Å². The van der Waals surface area contributed by atoms with Crippen molar-refractivity contribution in [1.82, 2.24) is 0 Å². The molecule has 1 fully saturated rings. The molecule has 0 atom stereocenters. The van der Waals surface area contributed by atoms with Crippen molar-refractivity contribution in [3.05, 3.63) is 28.3 Å². The van der Waals surface area contributed by atoms with Crippen LogP contribution in [0.4, 0.5) is 17.1 Å². The molecule has 0 unspecified atom stereocenters. The van der Waals surface area contributed by atoms with Crippen molar-refractivity contribution in [2.24, 2.45) is 0 Å². The van der Waals surface area contributed by atoms with Gasteiger partial charge in [-0.05, 0) is 37.3 Å². The Labute approximate surface area is 117 Å². The lowest BCUT2D eigenvalue weighted by Crippen LogP contribution is -2.24. The van der Waals surface area contributed by atoms with Crippen LogP contribution in [0, 0.1) is 10.1 Å². The molecule has 1 aliphatic rings. The minimum atomic E-state index is -0.345. The Morgan fingerprint density at radius 2 is 2.00 bits per heavy atom. The third-order valence-corrected chi connectivity index (χ3v) is 4.15. The summed E-state index contributed by atoms with van der Waals surface area (Å²) in [5.41, 5.74) is 1.76. The second-order valence-electron chi connectivity index (χ2n) is 4.59. The molecule has 6 heteroatoms. The average molecular weight is 281 g/mol. The summed E-state index contributed by atoms with van der Waals surface area (Å²) < 4.78 is 0. The zero-order valence-corrected chi connectivity index (χ0v) is 11.8. The Hall–Kier alpha value is -1.43. The van der Waals surface area contributed by atoms with Crippen molar-refractivity contribution in [3.8, 4) is 0 Å².